The predicted octanol–water partition coefficient (Wildman–Crippen LogP) is 2.93. The lowest BCUT2D eigenvalue weighted by molar-refractivity contribution is 0.102. The van der Waals surface area contributed by atoms with Crippen LogP contribution in [0.4, 0.5) is 5.69 Å². The third-order valence-corrected chi connectivity index (χ3v) is 3.74. The van der Waals surface area contributed by atoms with Crippen LogP contribution in [0.3, 0.4) is 0 Å². The van der Waals surface area contributed by atoms with Crippen LogP contribution in [-0.2, 0) is 13.0 Å². The Morgan fingerprint density at radius 1 is 1.10 bits per heavy atom. The molecule has 3 rings (SSSR count). The van der Waals surface area contributed by atoms with Crippen molar-refractivity contribution in [3.05, 3.63) is 65.2 Å². The monoisotopic (exact) mass is 266 g/mol. The van der Waals surface area contributed by atoms with Gasteiger partial charge in [-0.05, 0) is 42.8 Å². The minimum absolute atomic E-state index is 0.0436. The van der Waals surface area contributed by atoms with Crippen molar-refractivity contribution >= 4 is 11.6 Å². The van der Waals surface area contributed by atoms with E-state index in [1.165, 1.54) is 11.1 Å². The van der Waals surface area contributed by atoms with Gasteiger partial charge in [0.25, 0.3) is 5.91 Å². The number of carbonyl (C=O) groups is 1. The molecule has 2 aromatic carbocycles. The van der Waals surface area contributed by atoms with Gasteiger partial charge in [0.05, 0.1) is 0 Å². The van der Waals surface area contributed by atoms with Crippen molar-refractivity contribution in [2.75, 3.05) is 18.9 Å². The summed E-state index contributed by atoms with van der Waals surface area (Å²) in [5.74, 6) is -0.0436. The molecular weight excluding hydrogens is 248 g/mol. The lowest BCUT2D eigenvalue weighted by atomic mass is 9.98. The number of nitrogens with one attached hydrogen (secondary N) is 1. The fraction of sp³-hybridized carbons (Fsp3) is 0.235. The van der Waals surface area contributed by atoms with E-state index in [0.717, 1.165) is 25.2 Å². The van der Waals surface area contributed by atoms with Crippen LogP contribution in [0.1, 0.15) is 21.5 Å². The maximum absolute atomic E-state index is 12.2. The van der Waals surface area contributed by atoms with Crippen molar-refractivity contribution in [3.63, 3.8) is 0 Å². The third-order valence-electron chi connectivity index (χ3n) is 3.74. The molecule has 0 unspecified atom stereocenters. The van der Waals surface area contributed by atoms with Crippen LogP contribution in [-0.4, -0.2) is 24.4 Å². The van der Waals surface area contributed by atoms with Crippen LogP contribution < -0.4 is 5.32 Å². The fourth-order valence-electron chi connectivity index (χ4n) is 2.65. The third kappa shape index (κ3) is 2.58. The highest BCUT2D eigenvalue weighted by atomic mass is 16.1. The van der Waals surface area contributed by atoms with Crippen LogP contribution >= 0.6 is 0 Å². The molecule has 0 spiro atoms. The Morgan fingerprint density at radius 3 is 2.70 bits per heavy atom. The average molecular weight is 266 g/mol. The molecule has 0 radical (unpaired) electrons. The number of carbonyl (C=O) groups excluding carboxylic acids is 1. The molecule has 3 heteroatoms. The lowest BCUT2D eigenvalue weighted by Crippen LogP contribution is -2.27. The number of nitrogens with zero attached hydrogens (tertiary/aromatic N) is 1. The quantitative estimate of drug-likeness (QED) is 0.906. The van der Waals surface area contributed by atoms with Crippen molar-refractivity contribution in [1.82, 2.24) is 4.90 Å². The molecule has 0 aromatic heterocycles. The number of hydrogen-bond donors (Lipinski definition) is 1. The SMILES string of the molecule is CN1CCc2c(cccc2NC(=O)c2ccccc2)C1. The smallest absolute Gasteiger partial charge is 0.255 e. The van der Waals surface area contributed by atoms with Crippen molar-refractivity contribution in [2.45, 2.75) is 13.0 Å². The van der Waals surface area contributed by atoms with Crippen molar-refractivity contribution in [1.29, 1.82) is 0 Å². The zero-order valence-corrected chi connectivity index (χ0v) is 11.6. The van der Waals surface area contributed by atoms with Crippen LogP contribution in [0, 0.1) is 0 Å². The maximum atomic E-state index is 12.2. The van der Waals surface area contributed by atoms with Crippen molar-refractivity contribution < 1.29 is 4.79 Å². The second-order valence-corrected chi connectivity index (χ2v) is 5.25. The first-order valence-corrected chi connectivity index (χ1v) is 6.90. The zero-order valence-electron chi connectivity index (χ0n) is 11.6. The van der Waals surface area contributed by atoms with E-state index in [4.69, 9.17) is 0 Å². The van der Waals surface area contributed by atoms with Gasteiger partial charge in [0, 0.05) is 24.3 Å². The highest BCUT2D eigenvalue weighted by Gasteiger charge is 2.17. The molecule has 1 aliphatic heterocycles. The lowest BCUT2D eigenvalue weighted by Gasteiger charge is -2.26. The Morgan fingerprint density at radius 2 is 1.90 bits per heavy atom. The molecule has 20 heavy (non-hydrogen) atoms. The van der Waals surface area contributed by atoms with Gasteiger partial charge in [-0.2, -0.15) is 0 Å². The van der Waals surface area contributed by atoms with E-state index in [9.17, 15) is 4.79 Å². The predicted molar refractivity (Wildman–Crippen MR) is 80.9 cm³/mol. The Balaban J connectivity index is 1.85. The first-order valence-electron chi connectivity index (χ1n) is 6.90. The molecule has 0 aliphatic carbocycles. The number of hydrogen-bond acceptors (Lipinski definition) is 2. The Bertz CT molecular complexity index is 622. The first kappa shape index (κ1) is 12.9. The summed E-state index contributed by atoms with van der Waals surface area (Å²) < 4.78 is 0. The van der Waals surface area contributed by atoms with E-state index in [1.807, 2.05) is 42.5 Å². The van der Waals surface area contributed by atoms with Crippen molar-refractivity contribution in [2.24, 2.45) is 0 Å². The molecule has 0 atom stereocenters. The van der Waals surface area contributed by atoms with Gasteiger partial charge >= 0.3 is 0 Å². The molecule has 3 nitrogen and oxygen atoms in total. The summed E-state index contributed by atoms with van der Waals surface area (Å²) in [6, 6.07) is 15.5. The minimum atomic E-state index is -0.0436. The van der Waals surface area contributed by atoms with Gasteiger partial charge in [-0.25, -0.2) is 0 Å². The summed E-state index contributed by atoms with van der Waals surface area (Å²) >= 11 is 0. The second kappa shape index (κ2) is 5.47. The Labute approximate surface area is 119 Å². The molecule has 1 N–H and O–H groups in total. The van der Waals surface area contributed by atoms with E-state index >= 15 is 0 Å². The number of amides is 1. The van der Waals surface area contributed by atoms with Crippen LogP contribution in [0.2, 0.25) is 0 Å². The number of anilines is 1. The van der Waals surface area contributed by atoms with Gasteiger partial charge < -0.3 is 10.2 Å². The highest BCUT2D eigenvalue weighted by molar-refractivity contribution is 6.04. The highest BCUT2D eigenvalue weighted by Crippen LogP contribution is 2.25. The van der Waals surface area contributed by atoms with Gasteiger partial charge in [0.15, 0.2) is 0 Å². The number of fused-ring (bicyclic) bond motifs is 1. The molecule has 2 aromatic rings. The van der Waals surface area contributed by atoms with Gasteiger partial charge in [-0.3, -0.25) is 4.79 Å². The standard InChI is InChI=1S/C17H18N2O/c1-19-11-10-15-14(12-19)8-5-9-16(15)18-17(20)13-6-3-2-4-7-13/h2-9H,10-12H2,1H3,(H,18,20). The van der Waals surface area contributed by atoms with Gasteiger partial charge in [-0.1, -0.05) is 30.3 Å². The number of likely N-dealkylation sites (N-methyl/N-ethyl adjacent to an activating group) is 1. The fourth-order valence-corrected chi connectivity index (χ4v) is 2.65. The van der Waals surface area contributed by atoms with Crippen LogP contribution in [0.25, 0.3) is 0 Å². The Hall–Kier alpha value is -2.13. The number of rotatable bonds is 2. The summed E-state index contributed by atoms with van der Waals surface area (Å²) in [4.78, 5) is 14.5. The normalized spacial score (nSPS) is 14.7. The summed E-state index contributed by atoms with van der Waals surface area (Å²) in [6.07, 6.45) is 0.983. The van der Waals surface area contributed by atoms with Crippen molar-refractivity contribution in [3.8, 4) is 0 Å². The van der Waals surface area contributed by atoms with E-state index in [0.29, 0.717) is 5.56 Å². The maximum Gasteiger partial charge on any atom is 0.255 e. The second-order valence-electron chi connectivity index (χ2n) is 5.25. The van der Waals surface area contributed by atoms with Gasteiger partial charge in [-0.15, -0.1) is 0 Å². The molecule has 1 amide bonds. The summed E-state index contributed by atoms with van der Waals surface area (Å²) in [7, 11) is 2.12. The average Bonchev–Trinajstić information content (AvgIpc) is 2.48. The van der Waals surface area contributed by atoms with Crippen LogP contribution in [0.5, 0.6) is 0 Å². The van der Waals surface area contributed by atoms with E-state index in [1.54, 1.807) is 0 Å². The molecule has 1 heterocycles. The topological polar surface area (TPSA) is 32.3 Å². The molecule has 0 saturated heterocycles. The molecule has 0 saturated carbocycles. The van der Waals surface area contributed by atoms with Crippen LogP contribution in [0.15, 0.2) is 48.5 Å². The summed E-state index contributed by atoms with van der Waals surface area (Å²) in [5, 5.41) is 3.04. The number of benzene rings is 2. The Kier molecular flexibility index (Phi) is 3.52. The van der Waals surface area contributed by atoms with Gasteiger partial charge in [0.1, 0.15) is 0 Å². The molecule has 0 fully saturated rings. The zero-order chi connectivity index (χ0) is 13.9. The molecule has 1 aliphatic rings. The minimum Gasteiger partial charge on any atom is -0.322 e. The summed E-state index contributed by atoms with van der Waals surface area (Å²) in [6.45, 7) is 1.98. The molecular formula is C17H18N2O. The van der Waals surface area contributed by atoms with E-state index in [2.05, 4.69) is 23.3 Å². The largest absolute Gasteiger partial charge is 0.322 e. The molecule has 0 bridgehead atoms. The van der Waals surface area contributed by atoms with Gasteiger partial charge in [0.2, 0.25) is 0 Å². The summed E-state index contributed by atoms with van der Waals surface area (Å²) in [5.41, 5.74) is 4.22. The first-order chi connectivity index (χ1) is 9.74. The van der Waals surface area contributed by atoms with E-state index in [-0.39, 0.29) is 5.91 Å². The van der Waals surface area contributed by atoms with E-state index < -0.39 is 0 Å². The molecule has 102 valence electrons.